The third kappa shape index (κ3) is 4.07. The number of nitrogens with zero attached hydrogens (tertiary/aromatic N) is 3. The van der Waals surface area contributed by atoms with Crippen molar-refractivity contribution < 1.29 is 13.2 Å². The number of rotatable bonds is 3. The summed E-state index contributed by atoms with van der Waals surface area (Å²) in [5, 5.41) is 0.583. The Hall–Kier alpha value is -3.00. The van der Waals surface area contributed by atoms with Crippen molar-refractivity contribution in [1.29, 1.82) is 0 Å². The third-order valence-corrected chi connectivity index (χ3v) is 7.48. The summed E-state index contributed by atoms with van der Waals surface area (Å²) in [6, 6.07) is 14.1. The molecule has 0 saturated heterocycles. The summed E-state index contributed by atoms with van der Waals surface area (Å²) >= 11 is 6.16. The highest BCUT2D eigenvalue weighted by Crippen LogP contribution is 2.33. The van der Waals surface area contributed by atoms with Crippen LogP contribution in [0.25, 0.3) is 23.3 Å². The van der Waals surface area contributed by atoms with Crippen molar-refractivity contribution in [2.45, 2.75) is 18.4 Å². The van der Waals surface area contributed by atoms with Crippen LogP contribution in [0.3, 0.4) is 0 Å². The molecule has 1 aliphatic heterocycles. The van der Waals surface area contributed by atoms with Gasteiger partial charge in [0, 0.05) is 43.4 Å². The van der Waals surface area contributed by atoms with Gasteiger partial charge in [0.15, 0.2) is 0 Å². The first-order valence-corrected chi connectivity index (χ1v) is 11.8. The quantitative estimate of drug-likeness (QED) is 0.560. The summed E-state index contributed by atoms with van der Waals surface area (Å²) in [7, 11) is -0.636. The lowest BCUT2D eigenvalue weighted by Gasteiger charge is -2.26. The van der Waals surface area contributed by atoms with Gasteiger partial charge in [0.05, 0.1) is 22.8 Å². The smallest absolute Gasteiger partial charge is 0.243 e. The maximum atomic E-state index is 12.9. The maximum Gasteiger partial charge on any atom is 0.243 e. The molecule has 0 aliphatic carbocycles. The Morgan fingerprint density at radius 3 is 2.56 bits per heavy atom. The van der Waals surface area contributed by atoms with Crippen LogP contribution in [0.5, 0.6) is 0 Å². The van der Waals surface area contributed by atoms with Crippen LogP contribution in [-0.4, -0.2) is 37.7 Å². The molecule has 0 fully saturated rings. The number of fused-ring (bicyclic) bond motifs is 2. The molecule has 1 amide bonds. The second-order valence-electron chi connectivity index (χ2n) is 7.69. The number of carbonyl (C=O) groups excluding carboxylic acids is 1. The molecule has 32 heavy (non-hydrogen) atoms. The number of anilines is 1. The number of hydrogen-bond acceptors (Lipinski definition) is 4. The number of carbonyl (C=O) groups is 1. The second kappa shape index (κ2) is 8.50. The molecule has 4 rings (SSSR count). The van der Waals surface area contributed by atoms with Crippen molar-refractivity contribution in [3.8, 4) is 11.1 Å². The highest BCUT2D eigenvalue weighted by atomic mass is 35.5. The summed E-state index contributed by atoms with van der Waals surface area (Å²) < 4.78 is 26.9. The van der Waals surface area contributed by atoms with Gasteiger partial charge in [-0.25, -0.2) is 12.7 Å². The van der Waals surface area contributed by atoms with Crippen molar-refractivity contribution in [3.63, 3.8) is 0 Å². The van der Waals surface area contributed by atoms with E-state index in [9.17, 15) is 13.2 Å². The number of hydrogen-bond donors (Lipinski definition) is 0. The molecule has 0 radical (unpaired) electrons. The lowest BCUT2D eigenvalue weighted by Crippen LogP contribution is -2.29. The Balaban J connectivity index is 1.87. The average Bonchev–Trinajstić information content (AvgIpc) is 2.75. The molecule has 0 bridgehead atoms. The summed E-state index contributed by atoms with van der Waals surface area (Å²) in [4.78, 5) is 19.0. The topological polar surface area (TPSA) is 70.6 Å². The van der Waals surface area contributed by atoms with Crippen LogP contribution in [0.1, 0.15) is 23.7 Å². The molecule has 0 unspecified atom stereocenters. The van der Waals surface area contributed by atoms with E-state index in [4.69, 9.17) is 11.6 Å². The summed E-state index contributed by atoms with van der Waals surface area (Å²) in [5.41, 5.74) is 4.32. The standard InChI is InChI=1S/C24H22ClN3O3S/c1-16(29)28-15-19-12-18(21-6-4-5-7-24(21)32(30,31)27(2)3)14-26-22(19)10-8-17-13-20(25)9-11-23(17)28/h4-14H,15H2,1-3H3/b10-8-. The zero-order valence-electron chi connectivity index (χ0n) is 17.9. The van der Waals surface area contributed by atoms with E-state index in [2.05, 4.69) is 4.98 Å². The minimum atomic E-state index is -3.64. The Kier molecular flexibility index (Phi) is 5.90. The Morgan fingerprint density at radius 2 is 1.84 bits per heavy atom. The van der Waals surface area contributed by atoms with E-state index in [1.165, 1.54) is 25.3 Å². The molecule has 0 atom stereocenters. The number of amides is 1. The Bertz CT molecular complexity index is 1350. The number of sulfonamides is 1. The van der Waals surface area contributed by atoms with Crippen LogP contribution in [0.4, 0.5) is 5.69 Å². The first kappa shape index (κ1) is 22.2. The van der Waals surface area contributed by atoms with Crippen LogP contribution in [0.15, 0.2) is 59.6 Å². The fourth-order valence-corrected chi connectivity index (χ4v) is 4.97. The van der Waals surface area contributed by atoms with E-state index in [1.54, 1.807) is 41.4 Å². The predicted molar refractivity (Wildman–Crippen MR) is 128 cm³/mol. The van der Waals surface area contributed by atoms with Crippen molar-refractivity contribution in [1.82, 2.24) is 9.29 Å². The minimum Gasteiger partial charge on any atom is -0.308 e. The first-order chi connectivity index (χ1) is 15.2. The molecule has 0 spiro atoms. The van der Waals surface area contributed by atoms with Gasteiger partial charge in [-0.05, 0) is 47.5 Å². The minimum absolute atomic E-state index is 0.115. The second-order valence-corrected chi connectivity index (χ2v) is 10.3. The molecule has 1 aliphatic rings. The lowest BCUT2D eigenvalue weighted by molar-refractivity contribution is -0.116. The molecule has 6 nitrogen and oxygen atoms in total. The number of benzene rings is 2. The lowest BCUT2D eigenvalue weighted by atomic mass is 10.0. The van der Waals surface area contributed by atoms with E-state index in [0.717, 1.165) is 16.8 Å². The van der Waals surface area contributed by atoms with Crippen molar-refractivity contribution in [3.05, 3.63) is 76.6 Å². The highest BCUT2D eigenvalue weighted by Gasteiger charge is 2.23. The van der Waals surface area contributed by atoms with Crippen LogP contribution in [0.2, 0.25) is 5.02 Å². The van der Waals surface area contributed by atoms with Crippen LogP contribution in [0, 0.1) is 0 Å². The van der Waals surface area contributed by atoms with Crippen LogP contribution < -0.4 is 4.90 Å². The molecular weight excluding hydrogens is 446 g/mol. The van der Waals surface area contributed by atoms with Gasteiger partial charge < -0.3 is 4.90 Å². The zero-order chi connectivity index (χ0) is 23.0. The van der Waals surface area contributed by atoms with Gasteiger partial charge in [-0.1, -0.05) is 35.9 Å². The van der Waals surface area contributed by atoms with E-state index < -0.39 is 10.0 Å². The number of halogens is 1. The largest absolute Gasteiger partial charge is 0.308 e. The fraction of sp³-hybridized carbons (Fsp3) is 0.167. The normalized spacial score (nSPS) is 14.3. The Labute approximate surface area is 192 Å². The maximum absolute atomic E-state index is 12.9. The van der Waals surface area contributed by atoms with Gasteiger partial charge in [0.25, 0.3) is 0 Å². The third-order valence-electron chi connectivity index (χ3n) is 5.37. The summed E-state index contributed by atoms with van der Waals surface area (Å²) in [6.45, 7) is 1.81. The van der Waals surface area contributed by atoms with E-state index in [-0.39, 0.29) is 10.8 Å². The molecular formula is C24H22ClN3O3S. The van der Waals surface area contributed by atoms with E-state index in [0.29, 0.717) is 28.4 Å². The molecule has 0 N–H and O–H groups in total. The highest BCUT2D eigenvalue weighted by molar-refractivity contribution is 7.89. The van der Waals surface area contributed by atoms with E-state index >= 15 is 0 Å². The Morgan fingerprint density at radius 1 is 1.09 bits per heavy atom. The SMILES string of the molecule is CC(=O)N1Cc2cc(-c3ccccc3S(=O)(=O)N(C)C)cnc2/C=C\c2cc(Cl)ccc21. The zero-order valence-corrected chi connectivity index (χ0v) is 19.5. The number of aromatic nitrogens is 1. The van der Waals surface area contributed by atoms with Crippen LogP contribution in [-0.2, 0) is 21.4 Å². The van der Waals surface area contributed by atoms with Crippen molar-refractivity contribution in [2.24, 2.45) is 0 Å². The summed E-state index contributed by atoms with van der Waals surface area (Å²) in [5.74, 6) is -0.115. The average molecular weight is 468 g/mol. The summed E-state index contributed by atoms with van der Waals surface area (Å²) in [6.07, 6.45) is 5.42. The van der Waals surface area contributed by atoms with Gasteiger partial charge in [0.2, 0.25) is 15.9 Å². The van der Waals surface area contributed by atoms with Gasteiger partial charge >= 0.3 is 0 Å². The molecule has 8 heteroatoms. The molecule has 2 aromatic carbocycles. The molecule has 1 aromatic heterocycles. The van der Waals surface area contributed by atoms with Gasteiger partial charge in [-0.3, -0.25) is 9.78 Å². The van der Waals surface area contributed by atoms with Gasteiger partial charge in [0.1, 0.15) is 0 Å². The monoisotopic (exact) mass is 467 g/mol. The van der Waals surface area contributed by atoms with Gasteiger partial charge in [-0.15, -0.1) is 0 Å². The molecule has 164 valence electrons. The first-order valence-electron chi connectivity index (χ1n) is 9.95. The molecule has 3 aromatic rings. The van der Waals surface area contributed by atoms with Crippen LogP contribution >= 0.6 is 11.6 Å². The van der Waals surface area contributed by atoms with E-state index in [1.807, 2.05) is 30.4 Å². The van der Waals surface area contributed by atoms with Gasteiger partial charge in [-0.2, -0.15) is 0 Å². The predicted octanol–water partition coefficient (Wildman–Crippen LogP) is 4.69. The molecule has 2 heterocycles. The van der Waals surface area contributed by atoms with Crippen molar-refractivity contribution >= 4 is 45.4 Å². The number of pyridine rings is 1. The fourth-order valence-electron chi connectivity index (χ4n) is 3.68. The molecule has 0 saturated carbocycles. The van der Waals surface area contributed by atoms with Crippen molar-refractivity contribution in [2.75, 3.05) is 19.0 Å².